The molecule has 6 nitrogen and oxygen atoms in total. The first-order chi connectivity index (χ1) is 14.5. The van der Waals surface area contributed by atoms with Gasteiger partial charge in [-0.3, -0.25) is 9.59 Å². The lowest BCUT2D eigenvalue weighted by molar-refractivity contribution is -0.121. The highest BCUT2D eigenvalue weighted by Gasteiger charge is 2.41. The minimum atomic E-state index is -4.03. The molecular formula is C23H20N2O4S. The van der Waals surface area contributed by atoms with E-state index in [1.165, 1.54) is 12.1 Å². The SMILES string of the molecule is O=C(CN1C(=O)c2ccccc2S1(=O)=O)N[C@H](Cc1ccccc1)c1ccccc1. The standard InChI is InChI=1S/C23H20N2O4S/c26-22(16-25-23(27)19-13-7-8-14-21(19)30(25,28)29)24-20(18-11-5-2-6-12-18)15-17-9-3-1-4-10-17/h1-14,20H,15-16H2,(H,24,26)/t20-/m1/s1. The molecule has 0 spiro atoms. The molecule has 2 amide bonds. The summed E-state index contributed by atoms with van der Waals surface area (Å²) in [6.07, 6.45) is 0.539. The summed E-state index contributed by atoms with van der Waals surface area (Å²) in [6, 6.07) is 24.8. The summed E-state index contributed by atoms with van der Waals surface area (Å²) in [6.45, 7) is -0.562. The number of fused-ring (bicyclic) bond motifs is 1. The number of hydrogen-bond donors (Lipinski definition) is 1. The van der Waals surface area contributed by atoms with Crippen molar-refractivity contribution in [3.05, 3.63) is 102 Å². The molecular weight excluding hydrogens is 400 g/mol. The number of hydrogen-bond acceptors (Lipinski definition) is 4. The smallest absolute Gasteiger partial charge is 0.269 e. The molecule has 1 heterocycles. The number of rotatable bonds is 6. The molecule has 1 atom stereocenters. The highest BCUT2D eigenvalue weighted by molar-refractivity contribution is 7.90. The second-order valence-electron chi connectivity index (χ2n) is 7.03. The molecule has 4 rings (SSSR count). The minimum Gasteiger partial charge on any atom is -0.347 e. The molecule has 0 saturated heterocycles. The van der Waals surface area contributed by atoms with E-state index in [4.69, 9.17) is 0 Å². The average Bonchev–Trinajstić information content (AvgIpc) is 2.95. The Hall–Kier alpha value is -3.45. The van der Waals surface area contributed by atoms with Crippen LogP contribution in [0.5, 0.6) is 0 Å². The Bertz CT molecular complexity index is 1180. The molecule has 30 heavy (non-hydrogen) atoms. The average molecular weight is 420 g/mol. The van der Waals surface area contributed by atoms with Crippen LogP contribution in [0.4, 0.5) is 0 Å². The van der Waals surface area contributed by atoms with Gasteiger partial charge in [-0.25, -0.2) is 12.7 Å². The second-order valence-corrected chi connectivity index (χ2v) is 8.86. The Morgan fingerprint density at radius 1 is 0.867 bits per heavy atom. The van der Waals surface area contributed by atoms with Crippen molar-refractivity contribution in [2.75, 3.05) is 6.54 Å². The number of amides is 2. The summed E-state index contributed by atoms with van der Waals surface area (Å²) in [5, 5.41) is 2.90. The van der Waals surface area contributed by atoms with Crippen LogP contribution in [0.25, 0.3) is 0 Å². The Kier molecular flexibility index (Phi) is 5.37. The van der Waals surface area contributed by atoms with Gasteiger partial charge in [0.15, 0.2) is 0 Å². The van der Waals surface area contributed by atoms with Crippen molar-refractivity contribution in [1.29, 1.82) is 0 Å². The van der Waals surface area contributed by atoms with Gasteiger partial charge in [-0.05, 0) is 29.7 Å². The predicted octanol–water partition coefficient (Wildman–Crippen LogP) is 2.93. The summed E-state index contributed by atoms with van der Waals surface area (Å²) >= 11 is 0. The fraction of sp³-hybridized carbons (Fsp3) is 0.130. The van der Waals surface area contributed by atoms with Crippen molar-refractivity contribution in [3.63, 3.8) is 0 Å². The summed E-state index contributed by atoms with van der Waals surface area (Å²) in [4.78, 5) is 25.3. The summed E-state index contributed by atoms with van der Waals surface area (Å²) in [5.41, 5.74) is 2.02. The Morgan fingerprint density at radius 2 is 1.47 bits per heavy atom. The van der Waals surface area contributed by atoms with Gasteiger partial charge < -0.3 is 5.32 Å². The van der Waals surface area contributed by atoms with Crippen molar-refractivity contribution in [3.8, 4) is 0 Å². The zero-order valence-corrected chi connectivity index (χ0v) is 16.9. The van der Waals surface area contributed by atoms with E-state index >= 15 is 0 Å². The molecule has 0 aliphatic carbocycles. The van der Waals surface area contributed by atoms with Crippen LogP contribution < -0.4 is 5.32 Å². The van der Waals surface area contributed by atoms with Gasteiger partial charge in [0.2, 0.25) is 5.91 Å². The lowest BCUT2D eigenvalue weighted by atomic mass is 9.99. The van der Waals surface area contributed by atoms with E-state index in [1.807, 2.05) is 60.7 Å². The van der Waals surface area contributed by atoms with Gasteiger partial charge in [-0.15, -0.1) is 0 Å². The van der Waals surface area contributed by atoms with Crippen molar-refractivity contribution >= 4 is 21.8 Å². The van der Waals surface area contributed by atoms with E-state index in [0.717, 1.165) is 11.1 Å². The van der Waals surface area contributed by atoms with Crippen LogP contribution in [0.3, 0.4) is 0 Å². The molecule has 0 fully saturated rings. The van der Waals surface area contributed by atoms with E-state index in [0.29, 0.717) is 10.7 Å². The number of sulfonamides is 1. The van der Waals surface area contributed by atoms with E-state index in [-0.39, 0.29) is 16.5 Å². The van der Waals surface area contributed by atoms with Crippen LogP contribution in [-0.4, -0.2) is 31.1 Å². The highest BCUT2D eigenvalue weighted by Crippen LogP contribution is 2.29. The van der Waals surface area contributed by atoms with Crippen LogP contribution in [0, 0.1) is 0 Å². The molecule has 7 heteroatoms. The van der Waals surface area contributed by atoms with Crippen LogP contribution in [-0.2, 0) is 21.2 Å². The molecule has 3 aromatic rings. The summed E-state index contributed by atoms with van der Waals surface area (Å²) < 4.78 is 26.0. The van der Waals surface area contributed by atoms with Crippen molar-refractivity contribution in [1.82, 2.24) is 9.62 Å². The second kappa shape index (κ2) is 8.12. The van der Waals surface area contributed by atoms with Crippen LogP contribution >= 0.6 is 0 Å². The lowest BCUT2D eigenvalue weighted by Gasteiger charge is -2.21. The largest absolute Gasteiger partial charge is 0.347 e. The van der Waals surface area contributed by atoms with Crippen molar-refractivity contribution in [2.45, 2.75) is 17.4 Å². The fourth-order valence-corrected chi connectivity index (χ4v) is 5.07. The van der Waals surface area contributed by atoms with Gasteiger partial charge in [0, 0.05) is 0 Å². The van der Waals surface area contributed by atoms with Crippen molar-refractivity contribution in [2.24, 2.45) is 0 Å². The molecule has 0 bridgehead atoms. The normalized spacial score (nSPS) is 15.5. The fourth-order valence-electron chi connectivity index (χ4n) is 3.55. The Balaban J connectivity index is 1.54. The third kappa shape index (κ3) is 3.84. The summed E-state index contributed by atoms with van der Waals surface area (Å²) in [7, 11) is -4.03. The number of carbonyl (C=O) groups is 2. The zero-order valence-electron chi connectivity index (χ0n) is 16.1. The first-order valence-electron chi connectivity index (χ1n) is 9.51. The Morgan fingerprint density at radius 3 is 2.13 bits per heavy atom. The first kappa shape index (κ1) is 19.8. The van der Waals surface area contributed by atoms with Gasteiger partial charge in [-0.1, -0.05) is 72.8 Å². The molecule has 0 radical (unpaired) electrons. The number of carbonyl (C=O) groups excluding carboxylic acids is 2. The zero-order chi connectivity index (χ0) is 21.1. The van der Waals surface area contributed by atoms with Crippen LogP contribution in [0.15, 0.2) is 89.8 Å². The third-order valence-corrected chi connectivity index (χ3v) is 6.81. The van der Waals surface area contributed by atoms with E-state index in [9.17, 15) is 18.0 Å². The first-order valence-corrected chi connectivity index (χ1v) is 10.9. The molecule has 152 valence electrons. The quantitative estimate of drug-likeness (QED) is 0.665. The number of nitrogens with one attached hydrogen (secondary N) is 1. The monoisotopic (exact) mass is 420 g/mol. The van der Waals surface area contributed by atoms with Gasteiger partial charge in [0.25, 0.3) is 15.9 Å². The molecule has 0 unspecified atom stereocenters. The molecule has 1 aliphatic heterocycles. The predicted molar refractivity (Wildman–Crippen MR) is 112 cm³/mol. The minimum absolute atomic E-state index is 0.0632. The Labute approximate surface area is 175 Å². The maximum absolute atomic E-state index is 12.8. The van der Waals surface area contributed by atoms with Crippen molar-refractivity contribution < 1.29 is 18.0 Å². The van der Waals surface area contributed by atoms with E-state index < -0.39 is 28.4 Å². The molecule has 0 saturated carbocycles. The summed E-state index contributed by atoms with van der Waals surface area (Å²) in [5.74, 6) is -1.22. The number of nitrogens with zero attached hydrogens (tertiary/aromatic N) is 1. The highest BCUT2D eigenvalue weighted by atomic mass is 32.2. The molecule has 3 aromatic carbocycles. The third-order valence-electron chi connectivity index (χ3n) is 5.02. The maximum atomic E-state index is 12.8. The van der Waals surface area contributed by atoms with Gasteiger partial charge in [-0.2, -0.15) is 0 Å². The molecule has 0 aromatic heterocycles. The van der Waals surface area contributed by atoms with Gasteiger partial charge in [0.1, 0.15) is 11.4 Å². The molecule has 1 aliphatic rings. The maximum Gasteiger partial charge on any atom is 0.269 e. The lowest BCUT2D eigenvalue weighted by Crippen LogP contribution is -2.42. The van der Waals surface area contributed by atoms with Gasteiger partial charge >= 0.3 is 0 Å². The number of benzene rings is 3. The van der Waals surface area contributed by atoms with Crippen LogP contribution in [0.2, 0.25) is 0 Å². The molecule has 1 N–H and O–H groups in total. The topological polar surface area (TPSA) is 83.6 Å². The van der Waals surface area contributed by atoms with Gasteiger partial charge in [0.05, 0.1) is 11.6 Å². The van der Waals surface area contributed by atoms with Crippen LogP contribution in [0.1, 0.15) is 27.5 Å². The van der Waals surface area contributed by atoms with E-state index in [2.05, 4.69) is 5.32 Å². The van der Waals surface area contributed by atoms with E-state index in [1.54, 1.807) is 12.1 Å².